The second-order valence-electron chi connectivity index (χ2n) is 14.1. The molecule has 0 saturated carbocycles. The van der Waals surface area contributed by atoms with Crippen molar-refractivity contribution in [1.82, 2.24) is 0 Å². The van der Waals surface area contributed by atoms with Crippen LogP contribution >= 0.6 is 0 Å². The minimum absolute atomic E-state index is 0.847. The number of hydrogen-bond acceptors (Lipinski definition) is 2. The first-order valence-corrected chi connectivity index (χ1v) is 19.1. The number of benzene rings is 9. The first kappa shape index (κ1) is 33.2. The third kappa shape index (κ3) is 6.24. The van der Waals surface area contributed by atoms with Crippen LogP contribution in [0.15, 0.2) is 224 Å². The maximum atomic E-state index is 6.99. The van der Waals surface area contributed by atoms with Gasteiger partial charge >= 0.3 is 0 Å². The fourth-order valence-corrected chi connectivity index (χ4v) is 7.89. The van der Waals surface area contributed by atoms with Gasteiger partial charge in [-0.3, -0.25) is 0 Å². The summed E-state index contributed by atoms with van der Waals surface area (Å²) in [4.78, 5) is 2.33. The van der Waals surface area contributed by atoms with Gasteiger partial charge in [0.2, 0.25) is 0 Å². The fourth-order valence-electron chi connectivity index (χ4n) is 7.89. The molecule has 0 bridgehead atoms. The topological polar surface area (TPSA) is 12.5 Å². The Balaban J connectivity index is 1.03. The Bertz CT molecular complexity index is 2690. The zero-order valence-electron chi connectivity index (χ0n) is 30.7. The minimum atomic E-state index is 0.847. The summed E-state index contributed by atoms with van der Waals surface area (Å²) >= 11 is 0. The van der Waals surface area contributed by atoms with E-state index in [0.717, 1.165) is 61.9 Å². The molecule has 1 heterocycles. The molecular weight excluding hydrogens is 679 g/mol. The summed E-state index contributed by atoms with van der Waals surface area (Å²) in [7, 11) is 0. The highest BCUT2D eigenvalue weighted by Crippen LogP contribution is 2.51. The second kappa shape index (κ2) is 14.4. The van der Waals surface area contributed by atoms with Crippen LogP contribution in [0.2, 0.25) is 0 Å². The summed E-state index contributed by atoms with van der Waals surface area (Å²) in [5, 5.41) is 0. The van der Waals surface area contributed by atoms with Crippen molar-refractivity contribution in [2.24, 2.45) is 0 Å². The van der Waals surface area contributed by atoms with Gasteiger partial charge in [0, 0.05) is 33.8 Å². The molecule has 56 heavy (non-hydrogen) atoms. The van der Waals surface area contributed by atoms with E-state index in [1.807, 2.05) is 0 Å². The van der Waals surface area contributed by atoms with Crippen LogP contribution in [0.1, 0.15) is 0 Å². The van der Waals surface area contributed by atoms with E-state index in [-0.39, 0.29) is 0 Å². The molecule has 0 amide bonds. The van der Waals surface area contributed by atoms with E-state index in [0.29, 0.717) is 0 Å². The number of hydrogen-bond donors (Lipinski definition) is 0. The highest BCUT2D eigenvalue weighted by atomic mass is 16.5. The lowest BCUT2D eigenvalue weighted by molar-refractivity contribution is 0.489. The van der Waals surface area contributed by atoms with Gasteiger partial charge in [0.1, 0.15) is 11.5 Å². The maximum Gasteiger partial charge on any atom is 0.143 e. The zero-order chi connectivity index (χ0) is 37.3. The molecule has 1 aliphatic heterocycles. The van der Waals surface area contributed by atoms with Gasteiger partial charge in [0.05, 0.1) is 0 Å². The van der Waals surface area contributed by atoms with Gasteiger partial charge < -0.3 is 9.64 Å². The average molecular weight is 716 g/mol. The molecule has 0 unspecified atom stereocenters. The van der Waals surface area contributed by atoms with Crippen molar-refractivity contribution in [3.05, 3.63) is 224 Å². The molecule has 0 fully saturated rings. The molecule has 0 aliphatic carbocycles. The third-order valence-corrected chi connectivity index (χ3v) is 10.7. The van der Waals surface area contributed by atoms with Gasteiger partial charge in [0.25, 0.3) is 0 Å². The normalized spacial score (nSPS) is 11.4. The number of fused-ring (bicyclic) bond motifs is 5. The lowest BCUT2D eigenvalue weighted by atomic mass is 9.92. The molecule has 0 atom stereocenters. The van der Waals surface area contributed by atoms with E-state index in [1.54, 1.807) is 0 Å². The molecule has 0 spiro atoms. The molecule has 0 aromatic heterocycles. The number of anilines is 3. The summed E-state index contributed by atoms with van der Waals surface area (Å²) in [6, 6.07) is 79.8. The Labute approximate surface area is 328 Å². The van der Waals surface area contributed by atoms with Crippen LogP contribution in [-0.4, -0.2) is 0 Å². The summed E-state index contributed by atoms with van der Waals surface area (Å²) in [5.74, 6) is 1.73. The van der Waals surface area contributed by atoms with Crippen molar-refractivity contribution in [2.75, 3.05) is 4.90 Å². The van der Waals surface area contributed by atoms with Crippen LogP contribution < -0.4 is 9.64 Å². The standard InChI is InChI=1S/C54H37NO/c1-4-13-38(14-5-1)40-23-30-45(31-24-40)55(46-32-25-41(26-33-46)39-15-6-2-7-16-39)47-34-27-42(28-35-47)44-29-36-51-49-19-10-11-20-50(49)52-22-12-21-48(43-17-8-3-9-18-43)54(52)56-53(51)37-44/h1-37H. The number of rotatable bonds is 7. The first-order valence-electron chi connectivity index (χ1n) is 19.1. The van der Waals surface area contributed by atoms with Crippen molar-refractivity contribution in [3.63, 3.8) is 0 Å². The summed E-state index contributed by atoms with van der Waals surface area (Å²) in [6.07, 6.45) is 0. The third-order valence-electron chi connectivity index (χ3n) is 10.7. The van der Waals surface area contributed by atoms with Gasteiger partial charge in [-0.25, -0.2) is 0 Å². The van der Waals surface area contributed by atoms with Gasteiger partial charge in [-0.2, -0.15) is 0 Å². The van der Waals surface area contributed by atoms with E-state index < -0.39 is 0 Å². The predicted octanol–water partition coefficient (Wildman–Crippen LogP) is 15.3. The van der Waals surface area contributed by atoms with E-state index in [2.05, 4.69) is 229 Å². The van der Waals surface area contributed by atoms with Crippen molar-refractivity contribution < 1.29 is 4.74 Å². The minimum Gasteiger partial charge on any atom is -0.455 e. The number of nitrogens with zero attached hydrogens (tertiary/aromatic N) is 1. The molecule has 9 aromatic carbocycles. The zero-order valence-corrected chi connectivity index (χ0v) is 30.7. The summed E-state index contributed by atoms with van der Waals surface area (Å²) < 4.78 is 6.99. The van der Waals surface area contributed by atoms with Gasteiger partial charge in [-0.15, -0.1) is 0 Å². The fraction of sp³-hybridized carbons (Fsp3) is 0. The lowest BCUT2D eigenvalue weighted by Gasteiger charge is -2.26. The molecular formula is C54H37NO. The molecule has 2 nitrogen and oxygen atoms in total. The Morgan fingerprint density at radius 1 is 0.250 bits per heavy atom. The molecule has 0 saturated heterocycles. The van der Waals surface area contributed by atoms with Crippen LogP contribution in [0.4, 0.5) is 17.1 Å². The van der Waals surface area contributed by atoms with Crippen molar-refractivity contribution in [1.29, 1.82) is 0 Å². The van der Waals surface area contributed by atoms with Crippen LogP contribution in [-0.2, 0) is 0 Å². The Morgan fingerprint density at radius 2 is 0.625 bits per heavy atom. The molecule has 1 aliphatic rings. The molecule has 264 valence electrons. The van der Waals surface area contributed by atoms with Crippen LogP contribution in [0.5, 0.6) is 11.5 Å². The Kier molecular flexibility index (Phi) is 8.55. The lowest BCUT2D eigenvalue weighted by Crippen LogP contribution is -2.09. The molecule has 0 N–H and O–H groups in total. The van der Waals surface area contributed by atoms with Crippen molar-refractivity contribution in [3.8, 4) is 78.3 Å². The van der Waals surface area contributed by atoms with Gasteiger partial charge in [-0.1, -0.05) is 176 Å². The molecule has 2 heteroatoms. The second-order valence-corrected chi connectivity index (χ2v) is 14.1. The molecule has 9 aromatic rings. The number of ether oxygens (including phenoxy) is 1. The maximum absolute atomic E-state index is 6.99. The van der Waals surface area contributed by atoms with E-state index in [9.17, 15) is 0 Å². The Hall–Kier alpha value is -7.42. The average Bonchev–Trinajstić information content (AvgIpc) is 3.42. The summed E-state index contributed by atoms with van der Waals surface area (Å²) in [5.41, 5.74) is 17.0. The van der Waals surface area contributed by atoms with Crippen LogP contribution in [0, 0.1) is 0 Å². The van der Waals surface area contributed by atoms with Crippen molar-refractivity contribution in [2.45, 2.75) is 0 Å². The van der Waals surface area contributed by atoms with Crippen LogP contribution in [0.3, 0.4) is 0 Å². The number of para-hydroxylation sites is 1. The van der Waals surface area contributed by atoms with Crippen LogP contribution in [0.25, 0.3) is 66.8 Å². The van der Waals surface area contributed by atoms with E-state index >= 15 is 0 Å². The van der Waals surface area contributed by atoms with Gasteiger partial charge in [0.15, 0.2) is 0 Å². The first-order chi connectivity index (χ1) is 27.8. The smallest absolute Gasteiger partial charge is 0.143 e. The predicted molar refractivity (Wildman–Crippen MR) is 234 cm³/mol. The van der Waals surface area contributed by atoms with Crippen molar-refractivity contribution >= 4 is 17.1 Å². The largest absolute Gasteiger partial charge is 0.455 e. The quantitative estimate of drug-likeness (QED) is 0.163. The highest BCUT2D eigenvalue weighted by molar-refractivity contribution is 5.95. The SMILES string of the molecule is c1ccc(-c2ccc(N(c3ccc(-c4ccccc4)cc3)c3ccc(-c4ccc5c(c4)Oc4c(-c6ccccc6)cccc4-c4ccccc4-5)cc3)cc2)cc1. The molecule has 0 radical (unpaired) electrons. The Morgan fingerprint density at radius 3 is 1.14 bits per heavy atom. The molecule has 10 rings (SSSR count). The van der Waals surface area contributed by atoms with E-state index in [4.69, 9.17) is 4.74 Å². The van der Waals surface area contributed by atoms with Gasteiger partial charge in [-0.05, 0) is 98.6 Å². The summed E-state index contributed by atoms with van der Waals surface area (Å²) in [6.45, 7) is 0. The van der Waals surface area contributed by atoms with E-state index in [1.165, 1.54) is 33.4 Å². The highest BCUT2D eigenvalue weighted by Gasteiger charge is 2.24. The monoisotopic (exact) mass is 715 g/mol.